The van der Waals surface area contributed by atoms with Gasteiger partial charge in [-0.3, -0.25) is 9.48 Å². The molecule has 140 valence electrons. The highest BCUT2D eigenvalue weighted by Crippen LogP contribution is 2.32. The second kappa shape index (κ2) is 7.56. The van der Waals surface area contributed by atoms with Crippen LogP contribution >= 0.6 is 0 Å². The van der Waals surface area contributed by atoms with Crippen LogP contribution in [0.3, 0.4) is 0 Å². The summed E-state index contributed by atoms with van der Waals surface area (Å²) in [6, 6.07) is 20.7. The number of aryl methyl sites for hydroxylation is 1. The lowest BCUT2D eigenvalue weighted by atomic mass is 9.94. The van der Waals surface area contributed by atoms with Gasteiger partial charge in [0.2, 0.25) is 0 Å². The van der Waals surface area contributed by atoms with Gasteiger partial charge in [0.05, 0.1) is 0 Å². The number of nitrogens with one attached hydrogen (secondary N) is 1. The molecule has 0 aliphatic rings. The summed E-state index contributed by atoms with van der Waals surface area (Å²) < 4.78 is 1.81. The Morgan fingerprint density at radius 3 is 2.61 bits per heavy atom. The van der Waals surface area contributed by atoms with E-state index in [2.05, 4.69) is 10.4 Å². The molecule has 4 aromatic rings. The Balaban J connectivity index is 1.62. The van der Waals surface area contributed by atoms with Gasteiger partial charge in [-0.2, -0.15) is 5.10 Å². The lowest BCUT2D eigenvalue weighted by Gasteiger charge is -2.12. The van der Waals surface area contributed by atoms with Crippen LogP contribution in [0.25, 0.3) is 21.9 Å². The van der Waals surface area contributed by atoms with Crippen molar-refractivity contribution in [3.63, 3.8) is 0 Å². The highest BCUT2D eigenvalue weighted by Gasteiger charge is 2.13. The number of nitrogens with zero attached hydrogens (tertiary/aromatic N) is 2. The number of amides is 1. The predicted octanol–water partition coefficient (Wildman–Crippen LogP) is 3.92. The van der Waals surface area contributed by atoms with Crippen molar-refractivity contribution < 1.29 is 9.90 Å². The zero-order valence-electron chi connectivity index (χ0n) is 15.6. The lowest BCUT2D eigenvalue weighted by Crippen LogP contribution is -2.26. The van der Waals surface area contributed by atoms with Gasteiger partial charge in [0, 0.05) is 37.5 Å². The van der Waals surface area contributed by atoms with E-state index in [-0.39, 0.29) is 11.7 Å². The molecule has 0 aliphatic heterocycles. The van der Waals surface area contributed by atoms with Crippen molar-refractivity contribution >= 4 is 16.7 Å². The molecule has 0 unspecified atom stereocenters. The fraction of sp³-hybridized carbons (Fsp3) is 0.130. The minimum absolute atomic E-state index is 0.0965. The number of phenols is 1. The zero-order chi connectivity index (χ0) is 19.5. The summed E-state index contributed by atoms with van der Waals surface area (Å²) in [6.07, 6.45) is 2.48. The van der Waals surface area contributed by atoms with Crippen LogP contribution in [0, 0.1) is 0 Å². The van der Waals surface area contributed by atoms with Gasteiger partial charge in [-0.25, -0.2) is 0 Å². The molecule has 28 heavy (non-hydrogen) atoms. The van der Waals surface area contributed by atoms with Crippen LogP contribution in [0.15, 0.2) is 72.9 Å². The number of fused-ring (bicyclic) bond motifs is 1. The summed E-state index contributed by atoms with van der Waals surface area (Å²) in [4.78, 5) is 12.8. The second-order valence-electron chi connectivity index (χ2n) is 6.71. The molecule has 5 nitrogen and oxygen atoms in total. The molecule has 0 bridgehead atoms. The molecule has 1 heterocycles. The Bertz CT molecular complexity index is 1150. The summed E-state index contributed by atoms with van der Waals surface area (Å²) in [5.41, 5.74) is 3.62. The van der Waals surface area contributed by atoms with E-state index < -0.39 is 0 Å². The fourth-order valence-corrected chi connectivity index (χ4v) is 3.47. The number of aromatic hydroxyl groups is 1. The van der Waals surface area contributed by atoms with Crippen LogP contribution in [0.2, 0.25) is 0 Å². The van der Waals surface area contributed by atoms with Crippen LogP contribution in [-0.2, 0) is 13.5 Å². The van der Waals surface area contributed by atoms with Crippen molar-refractivity contribution in [3.8, 4) is 16.9 Å². The molecule has 1 amide bonds. The molecule has 3 aromatic carbocycles. The van der Waals surface area contributed by atoms with Gasteiger partial charge in [-0.05, 0) is 46.2 Å². The first-order chi connectivity index (χ1) is 13.6. The van der Waals surface area contributed by atoms with Crippen molar-refractivity contribution in [2.24, 2.45) is 7.05 Å². The van der Waals surface area contributed by atoms with E-state index in [4.69, 9.17) is 0 Å². The van der Waals surface area contributed by atoms with Crippen molar-refractivity contribution in [2.75, 3.05) is 6.54 Å². The first kappa shape index (κ1) is 17.8. The SMILES string of the molecule is Cn1nccc1CCNC(=O)c1ccc(-c2cccc(O)c2)c2ccccc12. The number of hydrogen-bond donors (Lipinski definition) is 2. The van der Waals surface area contributed by atoms with Crippen LogP contribution in [0.5, 0.6) is 5.75 Å². The maximum absolute atomic E-state index is 12.8. The Hall–Kier alpha value is -3.60. The summed E-state index contributed by atoms with van der Waals surface area (Å²) in [6.45, 7) is 0.543. The third-order valence-corrected chi connectivity index (χ3v) is 4.92. The Kier molecular flexibility index (Phi) is 4.81. The number of phenolic OH excluding ortho intramolecular Hbond substituents is 1. The van der Waals surface area contributed by atoms with E-state index in [9.17, 15) is 9.90 Å². The van der Waals surface area contributed by atoms with Crippen LogP contribution in [0.1, 0.15) is 16.1 Å². The highest BCUT2D eigenvalue weighted by molar-refractivity contribution is 6.11. The molecular weight excluding hydrogens is 350 g/mol. The van der Waals surface area contributed by atoms with Gasteiger partial charge in [-0.1, -0.05) is 42.5 Å². The van der Waals surface area contributed by atoms with Gasteiger partial charge >= 0.3 is 0 Å². The van der Waals surface area contributed by atoms with Gasteiger partial charge < -0.3 is 10.4 Å². The quantitative estimate of drug-likeness (QED) is 0.559. The maximum atomic E-state index is 12.8. The number of hydrogen-bond acceptors (Lipinski definition) is 3. The Morgan fingerprint density at radius 1 is 1.04 bits per heavy atom. The fourth-order valence-electron chi connectivity index (χ4n) is 3.47. The van der Waals surface area contributed by atoms with E-state index in [1.165, 1.54) is 0 Å². The number of carbonyl (C=O) groups is 1. The number of aromatic nitrogens is 2. The molecule has 0 fully saturated rings. The van der Waals surface area contributed by atoms with Crippen molar-refractivity contribution in [1.82, 2.24) is 15.1 Å². The molecule has 0 saturated carbocycles. The smallest absolute Gasteiger partial charge is 0.251 e. The van der Waals surface area contributed by atoms with Crippen LogP contribution in [-0.4, -0.2) is 27.3 Å². The second-order valence-corrected chi connectivity index (χ2v) is 6.71. The Labute approximate surface area is 163 Å². The van der Waals surface area contributed by atoms with Crippen molar-refractivity contribution in [2.45, 2.75) is 6.42 Å². The molecule has 0 aliphatic carbocycles. The van der Waals surface area contributed by atoms with Crippen molar-refractivity contribution in [1.29, 1.82) is 0 Å². The van der Waals surface area contributed by atoms with E-state index >= 15 is 0 Å². The minimum atomic E-state index is -0.0965. The predicted molar refractivity (Wildman–Crippen MR) is 110 cm³/mol. The molecule has 2 N–H and O–H groups in total. The zero-order valence-corrected chi connectivity index (χ0v) is 15.6. The van der Waals surface area contributed by atoms with E-state index in [0.717, 1.165) is 34.0 Å². The third kappa shape index (κ3) is 3.47. The van der Waals surface area contributed by atoms with E-state index in [1.807, 2.05) is 66.3 Å². The topological polar surface area (TPSA) is 67.2 Å². The van der Waals surface area contributed by atoms with Crippen molar-refractivity contribution in [3.05, 3.63) is 84.2 Å². The summed E-state index contributed by atoms with van der Waals surface area (Å²) in [7, 11) is 1.89. The average molecular weight is 371 g/mol. The average Bonchev–Trinajstić information content (AvgIpc) is 3.12. The third-order valence-electron chi connectivity index (χ3n) is 4.92. The van der Waals surface area contributed by atoms with Gasteiger partial charge in [0.25, 0.3) is 5.91 Å². The summed E-state index contributed by atoms with van der Waals surface area (Å²) in [5.74, 6) is 0.124. The molecule has 0 atom stereocenters. The summed E-state index contributed by atoms with van der Waals surface area (Å²) in [5, 5.41) is 18.8. The summed E-state index contributed by atoms with van der Waals surface area (Å²) >= 11 is 0. The normalized spacial score (nSPS) is 10.9. The largest absolute Gasteiger partial charge is 0.508 e. The first-order valence-electron chi connectivity index (χ1n) is 9.20. The maximum Gasteiger partial charge on any atom is 0.251 e. The lowest BCUT2D eigenvalue weighted by molar-refractivity contribution is 0.0955. The van der Waals surface area contributed by atoms with Gasteiger partial charge in [0.15, 0.2) is 0 Å². The monoisotopic (exact) mass is 371 g/mol. The van der Waals surface area contributed by atoms with Gasteiger partial charge in [0.1, 0.15) is 5.75 Å². The van der Waals surface area contributed by atoms with Crippen LogP contribution < -0.4 is 5.32 Å². The first-order valence-corrected chi connectivity index (χ1v) is 9.20. The molecule has 5 heteroatoms. The number of benzene rings is 3. The standard InChI is InChI=1S/C23H21N3O2/c1-26-17(12-14-25-26)11-13-24-23(28)22-10-9-19(16-5-4-6-18(27)15-16)20-7-2-3-8-21(20)22/h2-10,12,14-15,27H,11,13H2,1H3,(H,24,28). The molecule has 0 spiro atoms. The number of carbonyl (C=O) groups excluding carboxylic acids is 1. The molecule has 0 radical (unpaired) electrons. The van der Waals surface area contributed by atoms with Gasteiger partial charge in [-0.15, -0.1) is 0 Å². The van der Waals surface area contributed by atoms with Crippen LogP contribution in [0.4, 0.5) is 0 Å². The molecule has 0 saturated heterocycles. The van der Waals surface area contributed by atoms with E-state index in [1.54, 1.807) is 18.3 Å². The minimum Gasteiger partial charge on any atom is -0.508 e. The van der Waals surface area contributed by atoms with E-state index in [0.29, 0.717) is 12.1 Å². The number of rotatable bonds is 5. The Morgan fingerprint density at radius 2 is 1.86 bits per heavy atom. The molecule has 4 rings (SSSR count). The molecule has 1 aromatic heterocycles. The molecular formula is C23H21N3O2. The highest BCUT2D eigenvalue weighted by atomic mass is 16.3.